The first-order chi connectivity index (χ1) is 9.19. The summed E-state index contributed by atoms with van der Waals surface area (Å²) in [4.78, 5) is 5.72. The van der Waals surface area contributed by atoms with Crippen molar-refractivity contribution in [1.29, 1.82) is 0 Å². The monoisotopic (exact) mass is 280 g/mol. The third-order valence-electron chi connectivity index (χ3n) is 3.19. The van der Waals surface area contributed by atoms with Crippen LogP contribution in [0.1, 0.15) is 29.3 Å². The standard InChI is InChI=1S/C14H14F2N2S/c1-17-7-12-13(8-2-3-8)18-14(19-12)10-5-4-9(15)6-11(10)16/h4-6,8,17H,2-3,7H2,1H3. The van der Waals surface area contributed by atoms with Crippen LogP contribution in [0.3, 0.4) is 0 Å². The van der Waals surface area contributed by atoms with Gasteiger partial charge in [0.2, 0.25) is 0 Å². The van der Waals surface area contributed by atoms with Gasteiger partial charge in [-0.2, -0.15) is 0 Å². The van der Waals surface area contributed by atoms with Gasteiger partial charge in [0.25, 0.3) is 0 Å². The Morgan fingerprint density at radius 2 is 2.16 bits per heavy atom. The Morgan fingerprint density at radius 3 is 2.79 bits per heavy atom. The summed E-state index contributed by atoms with van der Waals surface area (Å²) in [5.74, 6) is -0.584. The molecule has 0 spiro atoms. The molecule has 1 aromatic heterocycles. The lowest BCUT2D eigenvalue weighted by atomic mass is 10.2. The number of benzene rings is 1. The van der Waals surface area contributed by atoms with E-state index >= 15 is 0 Å². The maximum absolute atomic E-state index is 13.8. The second-order valence-corrected chi connectivity index (χ2v) is 5.84. The van der Waals surface area contributed by atoms with Gasteiger partial charge in [0.15, 0.2) is 0 Å². The van der Waals surface area contributed by atoms with Gasteiger partial charge in [0, 0.05) is 29.0 Å². The summed E-state index contributed by atoms with van der Waals surface area (Å²) in [7, 11) is 1.88. The predicted octanol–water partition coefficient (Wildman–Crippen LogP) is 3.69. The maximum Gasteiger partial charge on any atom is 0.136 e. The van der Waals surface area contributed by atoms with E-state index in [2.05, 4.69) is 10.3 Å². The summed E-state index contributed by atoms with van der Waals surface area (Å²) < 4.78 is 26.7. The second-order valence-electron chi connectivity index (χ2n) is 4.76. The van der Waals surface area contributed by atoms with E-state index in [9.17, 15) is 8.78 Å². The van der Waals surface area contributed by atoms with Crippen LogP contribution in [-0.2, 0) is 6.54 Å². The largest absolute Gasteiger partial charge is 0.315 e. The molecule has 2 nitrogen and oxygen atoms in total. The number of hydrogen-bond donors (Lipinski definition) is 1. The number of nitrogens with one attached hydrogen (secondary N) is 1. The number of rotatable bonds is 4. The van der Waals surface area contributed by atoms with Crippen molar-refractivity contribution in [3.63, 3.8) is 0 Å². The van der Waals surface area contributed by atoms with Gasteiger partial charge < -0.3 is 5.32 Å². The van der Waals surface area contributed by atoms with E-state index in [0.29, 0.717) is 16.5 Å². The van der Waals surface area contributed by atoms with E-state index < -0.39 is 11.6 Å². The average Bonchev–Trinajstić information content (AvgIpc) is 3.12. The molecule has 1 aromatic carbocycles. The number of nitrogens with zero attached hydrogens (tertiary/aromatic N) is 1. The molecule has 0 saturated heterocycles. The van der Waals surface area contributed by atoms with E-state index in [1.54, 1.807) is 0 Å². The zero-order valence-electron chi connectivity index (χ0n) is 10.5. The molecule has 1 fully saturated rings. The summed E-state index contributed by atoms with van der Waals surface area (Å²) >= 11 is 1.49. The molecular formula is C14H14F2N2S. The van der Waals surface area contributed by atoms with Crippen molar-refractivity contribution in [3.05, 3.63) is 40.4 Å². The molecule has 2 aromatic rings. The smallest absolute Gasteiger partial charge is 0.136 e. The van der Waals surface area contributed by atoms with Crippen molar-refractivity contribution >= 4 is 11.3 Å². The van der Waals surface area contributed by atoms with Crippen LogP contribution in [0, 0.1) is 11.6 Å². The van der Waals surface area contributed by atoms with Crippen molar-refractivity contribution in [2.24, 2.45) is 0 Å². The lowest BCUT2D eigenvalue weighted by Crippen LogP contribution is -2.05. The first kappa shape index (κ1) is 12.7. The molecule has 0 unspecified atom stereocenters. The van der Waals surface area contributed by atoms with Gasteiger partial charge in [-0.05, 0) is 32.0 Å². The highest BCUT2D eigenvalue weighted by atomic mass is 32.1. The van der Waals surface area contributed by atoms with Crippen LogP contribution in [0.15, 0.2) is 18.2 Å². The van der Waals surface area contributed by atoms with E-state index in [4.69, 9.17) is 0 Å². The van der Waals surface area contributed by atoms with Gasteiger partial charge >= 0.3 is 0 Å². The van der Waals surface area contributed by atoms with Gasteiger partial charge in [-0.25, -0.2) is 13.8 Å². The number of hydrogen-bond acceptors (Lipinski definition) is 3. The van der Waals surface area contributed by atoms with Gasteiger partial charge in [0.05, 0.1) is 5.69 Å². The molecular weight excluding hydrogens is 266 g/mol. The molecule has 1 saturated carbocycles. The predicted molar refractivity (Wildman–Crippen MR) is 72.2 cm³/mol. The Hall–Kier alpha value is -1.33. The minimum absolute atomic E-state index is 0.385. The third kappa shape index (κ3) is 2.53. The SMILES string of the molecule is CNCc1sc(-c2ccc(F)cc2F)nc1C1CC1. The molecule has 1 N–H and O–H groups in total. The quantitative estimate of drug-likeness (QED) is 0.924. The van der Waals surface area contributed by atoms with E-state index in [-0.39, 0.29) is 0 Å². The summed E-state index contributed by atoms with van der Waals surface area (Å²) in [5, 5.41) is 3.76. The van der Waals surface area contributed by atoms with Crippen molar-refractivity contribution in [3.8, 4) is 10.6 Å². The highest BCUT2D eigenvalue weighted by molar-refractivity contribution is 7.15. The average molecular weight is 280 g/mol. The highest BCUT2D eigenvalue weighted by Crippen LogP contribution is 2.44. The van der Waals surface area contributed by atoms with Crippen molar-refractivity contribution in [2.45, 2.75) is 25.3 Å². The molecule has 0 bridgehead atoms. The van der Waals surface area contributed by atoms with Crippen LogP contribution in [0.2, 0.25) is 0 Å². The first-order valence-electron chi connectivity index (χ1n) is 6.28. The van der Waals surface area contributed by atoms with E-state index in [1.165, 1.54) is 23.5 Å². The van der Waals surface area contributed by atoms with Crippen LogP contribution in [0.25, 0.3) is 10.6 Å². The van der Waals surface area contributed by atoms with E-state index in [1.807, 2.05) is 7.05 Å². The molecule has 0 amide bonds. The van der Waals surface area contributed by atoms with Gasteiger partial charge in [-0.15, -0.1) is 11.3 Å². The summed E-state index contributed by atoms with van der Waals surface area (Å²) in [6.45, 7) is 0.742. The van der Waals surface area contributed by atoms with Gasteiger partial charge in [-0.3, -0.25) is 0 Å². The Bertz CT molecular complexity index is 605. The zero-order valence-corrected chi connectivity index (χ0v) is 11.4. The van der Waals surface area contributed by atoms with Crippen LogP contribution >= 0.6 is 11.3 Å². The molecule has 1 aliphatic carbocycles. The van der Waals surface area contributed by atoms with Crippen molar-refractivity contribution in [1.82, 2.24) is 10.3 Å². The zero-order chi connectivity index (χ0) is 13.4. The number of halogens is 2. The van der Waals surface area contributed by atoms with Crippen molar-refractivity contribution < 1.29 is 8.78 Å². The summed E-state index contributed by atoms with van der Waals surface area (Å²) in [5.41, 5.74) is 1.47. The van der Waals surface area contributed by atoms with Gasteiger partial charge in [0.1, 0.15) is 16.6 Å². The normalized spacial score (nSPS) is 14.9. The maximum atomic E-state index is 13.8. The van der Waals surface area contributed by atoms with Gasteiger partial charge in [-0.1, -0.05) is 0 Å². The van der Waals surface area contributed by atoms with Crippen LogP contribution in [0.5, 0.6) is 0 Å². The topological polar surface area (TPSA) is 24.9 Å². The fourth-order valence-electron chi connectivity index (χ4n) is 2.10. The molecule has 0 aliphatic heterocycles. The number of thiazole rings is 1. The summed E-state index contributed by atoms with van der Waals surface area (Å²) in [6, 6.07) is 3.64. The lowest BCUT2D eigenvalue weighted by Gasteiger charge is -1.98. The second kappa shape index (κ2) is 4.98. The Kier molecular flexibility index (Phi) is 3.33. The highest BCUT2D eigenvalue weighted by Gasteiger charge is 2.29. The van der Waals surface area contributed by atoms with Crippen LogP contribution < -0.4 is 5.32 Å². The molecule has 0 radical (unpaired) electrons. The third-order valence-corrected chi connectivity index (χ3v) is 4.29. The Balaban J connectivity index is 2.02. The molecule has 1 aliphatic rings. The first-order valence-corrected chi connectivity index (χ1v) is 7.10. The fraction of sp³-hybridized carbons (Fsp3) is 0.357. The Morgan fingerprint density at radius 1 is 1.37 bits per heavy atom. The van der Waals surface area contributed by atoms with Crippen LogP contribution in [-0.4, -0.2) is 12.0 Å². The molecule has 1 heterocycles. The molecule has 5 heteroatoms. The fourth-order valence-corrected chi connectivity index (χ4v) is 3.29. The molecule has 0 atom stereocenters. The lowest BCUT2D eigenvalue weighted by molar-refractivity contribution is 0.585. The Labute approximate surface area is 114 Å². The van der Waals surface area contributed by atoms with Crippen LogP contribution in [0.4, 0.5) is 8.78 Å². The molecule has 3 rings (SSSR count). The summed E-state index contributed by atoms with van der Waals surface area (Å²) in [6.07, 6.45) is 2.32. The molecule has 100 valence electrons. The minimum Gasteiger partial charge on any atom is -0.315 e. The van der Waals surface area contributed by atoms with Crippen molar-refractivity contribution in [2.75, 3.05) is 7.05 Å². The number of aromatic nitrogens is 1. The molecule has 19 heavy (non-hydrogen) atoms. The minimum atomic E-state index is -0.560. The van der Waals surface area contributed by atoms with E-state index in [0.717, 1.165) is 36.0 Å².